The first-order chi connectivity index (χ1) is 17.9. The Morgan fingerprint density at radius 3 is 1.55 bits per heavy atom. The van der Waals surface area contributed by atoms with Crippen molar-refractivity contribution in [3.63, 3.8) is 0 Å². The van der Waals surface area contributed by atoms with Crippen LogP contribution < -0.4 is 10.6 Å². The number of nitrogens with one attached hydrogen (secondary N) is 2. The molecule has 0 aromatic heterocycles. The lowest BCUT2D eigenvalue weighted by atomic mass is 9.97. The number of aliphatic hydroxyl groups is 8. The molecule has 2 heterocycles. The summed E-state index contributed by atoms with van der Waals surface area (Å²) in [6.45, 7) is -1.39. The van der Waals surface area contributed by atoms with E-state index in [1.807, 2.05) is 0 Å². The number of halogens is 1. The Kier molecular flexibility index (Phi) is 14.1. The number of aliphatic hydroxyl groups excluding tert-OH is 8. The van der Waals surface area contributed by atoms with E-state index < -0.39 is 86.6 Å². The molecule has 2 rings (SSSR count). The number of hydrogen-bond acceptors (Lipinski definition) is 16. The van der Waals surface area contributed by atoms with E-state index in [1.165, 1.54) is 0 Å². The van der Waals surface area contributed by atoms with E-state index in [0.717, 1.165) is 7.05 Å². The number of rotatable bonds is 8. The van der Waals surface area contributed by atoms with Crippen LogP contribution in [-0.4, -0.2) is 157 Å². The monoisotopic (exact) mass is 578 g/mol. The van der Waals surface area contributed by atoms with Crippen LogP contribution in [0.3, 0.4) is 0 Å². The third kappa shape index (κ3) is 8.57. The first kappa shape index (κ1) is 33.7. The van der Waals surface area contributed by atoms with Crippen molar-refractivity contribution in [1.29, 1.82) is 0 Å². The van der Waals surface area contributed by atoms with Crippen molar-refractivity contribution in [3.05, 3.63) is 9.81 Å². The second-order valence-corrected chi connectivity index (χ2v) is 8.29. The fourth-order valence-corrected chi connectivity index (χ4v) is 3.42. The van der Waals surface area contributed by atoms with E-state index in [2.05, 4.69) is 21.2 Å². The molecule has 0 aromatic rings. The molecule has 38 heavy (non-hydrogen) atoms. The second-order valence-electron chi connectivity index (χ2n) is 7.91. The normalized spacial score (nSPS) is 34.7. The Morgan fingerprint density at radius 1 is 0.789 bits per heavy atom. The quantitative estimate of drug-likeness (QED) is 0.0731. The van der Waals surface area contributed by atoms with Crippen molar-refractivity contribution >= 4 is 23.7 Å². The fraction of sp³-hybridized carbons (Fsp3) is 0.882. The maximum Gasteiger partial charge on any atom is 0.340 e. The maximum atomic E-state index is 11.6. The summed E-state index contributed by atoms with van der Waals surface area (Å²) in [5.74, 6) is -0.0410. The molecule has 2 fully saturated rings. The van der Waals surface area contributed by atoms with Crippen molar-refractivity contribution in [2.24, 2.45) is 10.6 Å². The Bertz CT molecular complexity index is 787. The van der Waals surface area contributed by atoms with E-state index in [0.29, 0.717) is 10.0 Å². The third-order valence-electron chi connectivity index (χ3n) is 5.43. The number of alkyl halides is 1. The summed E-state index contributed by atoms with van der Waals surface area (Å²) in [6, 6.07) is -4.73. The second kappa shape index (κ2) is 15.9. The highest BCUT2D eigenvalue weighted by atomic mass is 35.5. The molecule has 0 unspecified atom stereocenters. The van der Waals surface area contributed by atoms with E-state index in [-0.39, 0.29) is 12.4 Å². The zero-order chi connectivity index (χ0) is 29.2. The van der Waals surface area contributed by atoms with Crippen molar-refractivity contribution in [2.75, 3.05) is 32.7 Å². The summed E-state index contributed by atoms with van der Waals surface area (Å²) < 4.78 is 9.63. The Morgan fingerprint density at radius 2 is 1.21 bits per heavy atom. The highest BCUT2D eigenvalue weighted by molar-refractivity contribution is 6.18. The smallest absolute Gasteiger partial charge is 0.340 e. The molecule has 21 heteroatoms. The van der Waals surface area contributed by atoms with Crippen LogP contribution in [0.4, 0.5) is 9.59 Å². The minimum atomic E-state index is -1.67. The van der Waals surface area contributed by atoms with Gasteiger partial charge in [-0.2, -0.15) is 10.0 Å². The van der Waals surface area contributed by atoms with Crippen molar-refractivity contribution in [3.8, 4) is 0 Å². The minimum Gasteiger partial charge on any atom is -0.394 e. The number of urea groups is 2. The fourth-order valence-electron chi connectivity index (χ4n) is 3.26. The molecular formula is C17H31ClN6O14. The first-order valence-corrected chi connectivity index (χ1v) is 11.4. The summed E-state index contributed by atoms with van der Waals surface area (Å²) in [6.07, 6.45) is -11.8. The van der Waals surface area contributed by atoms with Gasteiger partial charge < -0.3 is 61.0 Å². The van der Waals surface area contributed by atoms with Crippen molar-refractivity contribution in [2.45, 2.75) is 61.3 Å². The largest absolute Gasteiger partial charge is 0.394 e. The number of amides is 4. The third-order valence-corrected chi connectivity index (χ3v) is 5.60. The van der Waals surface area contributed by atoms with Gasteiger partial charge in [-0.3, -0.25) is 0 Å². The topological polar surface area (TPSA) is 304 Å². The lowest BCUT2D eigenvalue weighted by Crippen LogP contribution is -2.65. The van der Waals surface area contributed by atoms with Gasteiger partial charge in [0.1, 0.15) is 48.7 Å². The average Bonchev–Trinajstić information content (AvgIpc) is 2.91. The first-order valence-electron chi connectivity index (χ1n) is 10.8. The van der Waals surface area contributed by atoms with Gasteiger partial charge in [0.25, 0.3) is 0 Å². The number of carbonyl (C=O) groups is 2. The van der Waals surface area contributed by atoms with Crippen LogP contribution in [0.2, 0.25) is 0 Å². The number of hydrogen-bond donors (Lipinski definition) is 10. The Balaban J connectivity index is 0.000000382. The SMILES string of the molecule is CN(N=O)C(=O)N[C@@H]1[C@@H](O)[C@H](O)[C@@H](CO)O[C@@H]1O.O=NN(CCCl)C(=O)N[C@@H]1[C@@H](O)[C@H](O)[C@@H](CO)O[C@@H]1O. The van der Waals surface area contributed by atoms with Gasteiger partial charge in [-0.15, -0.1) is 21.4 Å². The summed E-state index contributed by atoms with van der Waals surface area (Å²) >= 11 is 5.37. The molecule has 10 N–H and O–H groups in total. The van der Waals surface area contributed by atoms with E-state index in [9.17, 15) is 50.0 Å². The molecule has 20 nitrogen and oxygen atoms in total. The molecule has 0 aromatic carbocycles. The zero-order valence-corrected chi connectivity index (χ0v) is 20.6. The van der Waals surface area contributed by atoms with E-state index in [1.54, 1.807) is 0 Å². The summed E-state index contributed by atoms with van der Waals surface area (Å²) in [4.78, 5) is 43.5. The van der Waals surface area contributed by atoms with Crippen LogP contribution in [0.25, 0.3) is 0 Å². The van der Waals surface area contributed by atoms with E-state index >= 15 is 0 Å². The lowest BCUT2D eigenvalue weighted by molar-refractivity contribution is -0.252. The molecule has 0 saturated carbocycles. The molecular weight excluding hydrogens is 548 g/mol. The standard InChI is InChI=1S/C9H16ClN3O7.C8H15N3O7/c10-1-2-13(12-19)9(18)11-5-7(16)6(15)4(3-14)20-8(5)17;1-11(10-17)8(16)9-4-6(14)5(13)3(2-12)18-7(4)15/h4-8,14-17H,1-3H2,(H,11,18);3-7,12-15H,2H2,1H3,(H,9,16)/t4-,5-,6-,7-,8+;3-,4-,5-,6-,7+/m11/s1. The predicted octanol–water partition coefficient (Wildman–Crippen LogP) is -5.17. The highest BCUT2D eigenvalue weighted by Gasteiger charge is 2.45. The van der Waals surface area contributed by atoms with Gasteiger partial charge in [0.05, 0.1) is 30.3 Å². The van der Waals surface area contributed by atoms with Gasteiger partial charge in [-0.25, -0.2) is 9.59 Å². The van der Waals surface area contributed by atoms with Gasteiger partial charge in [0.15, 0.2) is 12.6 Å². The van der Waals surface area contributed by atoms with Crippen molar-refractivity contribution < 1.29 is 59.9 Å². The zero-order valence-electron chi connectivity index (χ0n) is 19.8. The van der Waals surface area contributed by atoms with Gasteiger partial charge >= 0.3 is 12.1 Å². The number of ether oxygens (including phenoxy) is 2. The highest BCUT2D eigenvalue weighted by Crippen LogP contribution is 2.21. The van der Waals surface area contributed by atoms with Gasteiger partial charge in [-0.1, -0.05) is 0 Å². The summed E-state index contributed by atoms with van der Waals surface area (Å²) in [7, 11) is 1.07. The Labute approximate surface area is 219 Å². The molecule has 2 aliphatic heterocycles. The van der Waals surface area contributed by atoms with Crippen LogP contribution >= 0.6 is 11.6 Å². The van der Waals surface area contributed by atoms with Crippen LogP contribution in [0.1, 0.15) is 0 Å². The van der Waals surface area contributed by atoms with Crippen LogP contribution in [0.5, 0.6) is 0 Å². The maximum absolute atomic E-state index is 11.6. The van der Waals surface area contributed by atoms with Gasteiger partial charge in [-0.05, 0) is 0 Å². The molecule has 2 saturated heterocycles. The Hall–Kier alpha value is -2.37. The summed E-state index contributed by atoms with van der Waals surface area (Å²) in [5, 5.41) is 85.2. The molecule has 220 valence electrons. The number of carbonyl (C=O) groups excluding carboxylic acids is 2. The molecule has 10 atom stereocenters. The molecule has 2 aliphatic rings. The van der Waals surface area contributed by atoms with Gasteiger partial charge in [0, 0.05) is 12.9 Å². The number of nitroso groups, excluding NO2 is 2. The predicted molar refractivity (Wildman–Crippen MR) is 121 cm³/mol. The van der Waals surface area contributed by atoms with Crippen LogP contribution in [-0.2, 0) is 9.47 Å². The lowest BCUT2D eigenvalue weighted by Gasteiger charge is -2.40. The molecule has 4 amide bonds. The van der Waals surface area contributed by atoms with Crippen LogP contribution in [0, 0.1) is 9.81 Å². The minimum absolute atomic E-state index is 0.0410. The van der Waals surface area contributed by atoms with Crippen LogP contribution in [0.15, 0.2) is 10.6 Å². The molecule has 0 bridgehead atoms. The number of nitrogens with zero attached hydrogens (tertiary/aromatic N) is 4. The molecule has 0 spiro atoms. The molecule has 0 aliphatic carbocycles. The van der Waals surface area contributed by atoms with E-state index in [4.69, 9.17) is 31.3 Å². The summed E-state index contributed by atoms with van der Waals surface area (Å²) in [5.41, 5.74) is 0. The average molecular weight is 579 g/mol. The van der Waals surface area contributed by atoms with Crippen molar-refractivity contribution in [1.82, 2.24) is 20.7 Å². The molecule has 0 radical (unpaired) electrons. The van der Waals surface area contributed by atoms with Gasteiger partial charge in [0.2, 0.25) is 0 Å².